The molecule has 1 aliphatic heterocycles. The number of halogens is 1. The van der Waals surface area contributed by atoms with Crippen molar-refractivity contribution in [3.8, 4) is 0 Å². The van der Waals surface area contributed by atoms with Gasteiger partial charge in [-0.15, -0.1) is 0 Å². The van der Waals surface area contributed by atoms with E-state index in [2.05, 4.69) is 19.2 Å². The maximum absolute atomic E-state index is 13.2. The minimum Gasteiger partial charge on any atom is -0.344 e. The molecule has 2 aromatic carbocycles. The van der Waals surface area contributed by atoms with Crippen LogP contribution in [-0.4, -0.2) is 22.4 Å². The van der Waals surface area contributed by atoms with E-state index in [9.17, 15) is 14.4 Å². The number of hydrogen-bond donors (Lipinski definition) is 1. The predicted molar refractivity (Wildman–Crippen MR) is 129 cm³/mol. The zero-order valence-corrected chi connectivity index (χ0v) is 19.2. The Bertz CT molecular complexity index is 1230. The molecule has 1 fully saturated rings. The molecule has 1 aliphatic rings. The Morgan fingerprint density at radius 2 is 1.70 bits per heavy atom. The zero-order valence-electron chi connectivity index (χ0n) is 18.4. The van der Waals surface area contributed by atoms with Gasteiger partial charge in [0.2, 0.25) is 0 Å². The third-order valence-electron chi connectivity index (χ3n) is 5.86. The van der Waals surface area contributed by atoms with Crippen molar-refractivity contribution in [3.05, 3.63) is 94.3 Å². The van der Waals surface area contributed by atoms with Crippen LogP contribution >= 0.6 is 11.6 Å². The molecule has 0 aliphatic carbocycles. The van der Waals surface area contributed by atoms with Crippen molar-refractivity contribution in [3.63, 3.8) is 0 Å². The number of rotatable bonds is 6. The fraction of sp³-hybridized carbons (Fsp3) is 0.192. The number of hydrogen-bond acceptors (Lipinski definition) is 3. The molecule has 0 radical (unpaired) electrons. The number of anilines is 1. The fourth-order valence-corrected chi connectivity index (χ4v) is 3.84. The second-order valence-corrected chi connectivity index (χ2v) is 8.48. The van der Waals surface area contributed by atoms with Gasteiger partial charge in [0, 0.05) is 23.5 Å². The Morgan fingerprint density at radius 3 is 2.36 bits per heavy atom. The third-order valence-corrected chi connectivity index (χ3v) is 6.11. The van der Waals surface area contributed by atoms with Crippen molar-refractivity contribution >= 4 is 41.2 Å². The number of imide groups is 2. The molecule has 0 saturated carbocycles. The summed E-state index contributed by atoms with van der Waals surface area (Å²) in [4.78, 5) is 39.2. The molecule has 4 rings (SSSR count). The van der Waals surface area contributed by atoms with Gasteiger partial charge in [-0.25, -0.2) is 9.69 Å². The molecule has 1 atom stereocenters. The van der Waals surface area contributed by atoms with Crippen LogP contribution in [0.5, 0.6) is 0 Å². The van der Waals surface area contributed by atoms with Gasteiger partial charge in [-0.05, 0) is 65.9 Å². The maximum Gasteiger partial charge on any atom is 0.335 e. The molecule has 1 N–H and O–H groups in total. The van der Waals surface area contributed by atoms with Crippen LogP contribution in [0, 0.1) is 0 Å². The van der Waals surface area contributed by atoms with Crippen LogP contribution in [0.25, 0.3) is 6.08 Å². The number of carbonyl (C=O) groups excluding carboxylic acids is 3. The number of carbonyl (C=O) groups is 3. The maximum atomic E-state index is 13.2. The summed E-state index contributed by atoms with van der Waals surface area (Å²) in [6, 6.07) is 17.6. The molecule has 0 bridgehead atoms. The highest BCUT2D eigenvalue weighted by Gasteiger charge is 2.37. The fourth-order valence-electron chi connectivity index (χ4n) is 3.72. The standard InChI is InChI=1S/C26H24ClN3O3/c1-3-17(2)19-8-12-21(13-9-19)30-25(32)23(24(31)28-26(30)33)15-22-5-4-14-29(22)16-18-6-10-20(27)11-7-18/h4-15,17H,3,16H2,1-2H3,(H,28,31,33)/b23-15+/t17-/m1/s1. The second kappa shape index (κ2) is 9.46. The van der Waals surface area contributed by atoms with E-state index in [1.807, 2.05) is 59.3 Å². The second-order valence-electron chi connectivity index (χ2n) is 8.05. The summed E-state index contributed by atoms with van der Waals surface area (Å²) in [5, 5.41) is 2.93. The largest absolute Gasteiger partial charge is 0.344 e. The number of nitrogens with zero attached hydrogens (tertiary/aromatic N) is 2. The summed E-state index contributed by atoms with van der Waals surface area (Å²) in [6.07, 6.45) is 4.36. The summed E-state index contributed by atoms with van der Waals surface area (Å²) in [6.45, 7) is 4.76. The average molecular weight is 462 g/mol. The van der Waals surface area contributed by atoms with Gasteiger partial charge in [0.25, 0.3) is 11.8 Å². The molecule has 1 saturated heterocycles. The van der Waals surface area contributed by atoms with Crippen molar-refractivity contribution in [1.82, 2.24) is 9.88 Å². The lowest BCUT2D eigenvalue weighted by Gasteiger charge is -2.26. The van der Waals surface area contributed by atoms with Crippen LogP contribution in [0.3, 0.4) is 0 Å². The van der Waals surface area contributed by atoms with Gasteiger partial charge in [0.15, 0.2) is 0 Å². The number of aromatic nitrogens is 1. The van der Waals surface area contributed by atoms with Crippen molar-refractivity contribution < 1.29 is 14.4 Å². The molecular formula is C26H24ClN3O3. The zero-order chi connectivity index (χ0) is 23.5. The molecule has 168 valence electrons. The van der Waals surface area contributed by atoms with Gasteiger partial charge in [-0.2, -0.15) is 0 Å². The average Bonchev–Trinajstić information content (AvgIpc) is 3.24. The highest BCUT2D eigenvalue weighted by Crippen LogP contribution is 2.26. The first-order chi connectivity index (χ1) is 15.9. The summed E-state index contributed by atoms with van der Waals surface area (Å²) in [5.74, 6) is -0.994. The summed E-state index contributed by atoms with van der Waals surface area (Å²) < 4.78 is 1.92. The summed E-state index contributed by atoms with van der Waals surface area (Å²) in [7, 11) is 0. The van der Waals surface area contributed by atoms with E-state index in [0.717, 1.165) is 22.4 Å². The molecule has 6 nitrogen and oxygen atoms in total. The minimum absolute atomic E-state index is 0.100. The molecule has 0 unspecified atom stereocenters. The molecule has 0 spiro atoms. The van der Waals surface area contributed by atoms with Crippen LogP contribution in [0.1, 0.15) is 43.0 Å². The quantitative estimate of drug-likeness (QED) is 0.396. The smallest absolute Gasteiger partial charge is 0.335 e. The van der Waals surface area contributed by atoms with Gasteiger partial charge >= 0.3 is 6.03 Å². The lowest BCUT2D eigenvalue weighted by atomic mass is 9.98. The Kier molecular flexibility index (Phi) is 6.47. The molecule has 33 heavy (non-hydrogen) atoms. The van der Waals surface area contributed by atoms with E-state index in [4.69, 9.17) is 11.6 Å². The predicted octanol–water partition coefficient (Wildman–Crippen LogP) is 5.37. The Labute approximate surface area is 197 Å². The normalized spacial score (nSPS) is 16.3. The highest BCUT2D eigenvalue weighted by molar-refractivity contribution is 6.39. The molecule has 4 amide bonds. The van der Waals surface area contributed by atoms with E-state index < -0.39 is 17.8 Å². The minimum atomic E-state index is -0.755. The lowest BCUT2D eigenvalue weighted by Crippen LogP contribution is -2.54. The lowest BCUT2D eigenvalue weighted by molar-refractivity contribution is -0.122. The SMILES string of the molecule is CC[C@@H](C)c1ccc(N2C(=O)NC(=O)/C(=C\c3cccn3Cc3ccc(Cl)cc3)C2=O)cc1. The van der Waals surface area contributed by atoms with E-state index in [1.54, 1.807) is 12.1 Å². The molecule has 2 heterocycles. The molecular weight excluding hydrogens is 438 g/mol. The van der Waals surface area contributed by atoms with E-state index in [1.165, 1.54) is 6.08 Å². The van der Waals surface area contributed by atoms with Crippen LogP contribution in [0.4, 0.5) is 10.5 Å². The summed E-state index contributed by atoms with van der Waals surface area (Å²) >= 11 is 5.96. The van der Waals surface area contributed by atoms with Gasteiger partial charge in [0.05, 0.1) is 5.69 Å². The van der Waals surface area contributed by atoms with Crippen molar-refractivity contribution in [2.45, 2.75) is 32.7 Å². The van der Waals surface area contributed by atoms with Crippen LogP contribution < -0.4 is 10.2 Å². The number of benzene rings is 2. The highest BCUT2D eigenvalue weighted by atomic mass is 35.5. The number of nitrogens with one attached hydrogen (secondary N) is 1. The van der Waals surface area contributed by atoms with E-state index in [0.29, 0.717) is 28.9 Å². The summed E-state index contributed by atoms with van der Waals surface area (Å²) in [5.41, 5.74) is 3.13. The van der Waals surface area contributed by atoms with Crippen LogP contribution in [0.15, 0.2) is 72.4 Å². The van der Waals surface area contributed by atoms with Gasteiger partial charge in [-0.3, -0.25) is 14.9 Å². The first kappa shape index (κ1) is 22.6. The van der Waals surface area contributed by atoms with Crippen molar-refractivity contribution in [2.75, 3.05) is 4.90 Å². The van der Waals surface area contributed by atoms with E-state index in [-0.39, 0.29) is 5.57 Å². The number of amides is 4. The van der Waals surface area contributed by atoms with Crippen molar-refractivity contribution in [2.24, 2.45) is 0 Å². The molecule has 1 aromatic heterocycles. The third kappa shape index (κ3) is 4.76. The van der Waals surface area contributed by atoms with E-state index >= 15 is 0 Å². The Hall–Kier alpha value is -3.64. The first-order valence-electron chi connectivity index (χ1n) is 10.8. The Balaban J connectivity index is 1.62. The molecule has 3 aromatic rings. The number of urea groups is 1. The first-order valence-corrected chi connectivity index (χ1v) is 11.2. The van der Waals surface area contributed by atoms with Gasteiger partial charge in [0.1, 0.15) is 5.57 Å². The Morgan fingerprint density at radius 1 is 1.00 bits per heavy atom. The van der Waals surface area contributed by atoms with Crippen LogP contribution in [-0.2, 0) is 16.1 Å². The van der Waals surface area contributed by atoms with Gasteiger partial charge < -0.3 is 4.57 Å². The number of barbiturate groups is 1. The molecule has 7 heteroatoms. The monoisotopic (exact) mass is 461 g/mol. The van der Waals surface area contributed by atoms with Gasteiger partial charge in [-0.1, -0.05) is 49.7 Å². The van der Waals surface area contributed by atoms with Crippen LogP contribution in [0.2, 0.25) is 5.02 Å². The topological polar surface area (TPSA) is 71.4 Å². The van der Waals surface area contributed by atoms with Crippen molar-refractivity contribution in [1.29, 1.82) is 0 Å².